The summed E-state index contributed by atoms with van der Waals surface area (Å²) >= 11 is 0. The molecule has 0 atom stereocenters. The summed E-state index contributed by atoms with van der Waals surface area (Å²) in [6.45, 7) is 2.92. The Balaban J connectivity index is 2.11. The number of halogens is 1. The monoisotopic (exact) mass is 317 g/mol. The van der Waals surface area contributed by atoms with Crippen molar-refractivity contribution in [2.75, 3.05) is 18.5 Å². The zero-order valence-electron chi connectivity index (χ0n) is 11.1. The number of aryl methyl sites for hydroxylation is 1. The topological polar surface area (TPSA) is 72.5 Å². The van der Waals surface area contributed by atoms with Crippen LogP contribution >= 0.6 is 10.7 Å². The number of carbonyl (C=O) groups excluding carboxylic acids is 1. The largest absolute Gasteiger partial charge is 0.381 e. The van der Waals surface area contributed by atoms with Crippen LogP contribution in [0.15, 0.2) is 23.1 Å². The summed E-state index contributed by atoms with van der Waals surface area (Å²) in [4.78, 5) is 12.1. The van der Waals surface area contributed by atoms with E-state index < -0.39 is 9.05 Å². The zero-order chi connectivity index (χ0) is 14.8. The smallest absolute Gasteiger partial charge is 0.261 e. The highest BCUT2D eigenvalue weighted by molar-refractivity contribution is 8.13. The molecule has 5 nitrogen and oxygen atoms in total. The molecule has 1 aliphatic heterocycles. The molecule has 1 amide bonds. The average molecular weight is 318 g/mol. The van der Waals surface area contributed by atoms with Gasteiger partial charge in [-0.1, -0.05) is 0 Å². The van der Waals surface area contributed by atoms with Crippen LogP contribution < -0.4 is 5.32 Å². The Kier molecular flexibility index (Phi) is 4.67. The van der Waals surface area contributed by atoms with E-state index >= 15 is 0 Å². The minimum Gasteiger partial charge on any atom is -0.381 e. The molecule has 1 saturated heterocycles. The fourth-order valence-electron chi connectivity index (χ4n) is 2.12. The van der Waals surface area contributed by atoms with Gasteiger partial charge in [-0.25, -0.2) is 8.42 Å². The molecule has 7 heteroatoms. The van der Waals surface area contributed by atoms with Gasteiger partial charge in [0.2, 0.25) is 5.91 Å². The van der Waals surface area contributed by atoms with Crippen LogP contribution in [0, 0.1) is 12.8 Å². The molecule has 0 radical (unpaired) electrons. The van der Waals surface area contributed by atoms with Crippen molar-refractivity contribution in [2.24, 2.45) is 5.92 Å². The van der Waals surface area contributed by atoms with E-state index in [0.717, 1.165) is 0 Å². The van der Waals surface area contributed by atoms with Gasteiger partial charge < -0.3 is 10.1 Å². The molecule has 20 heavy (non-hydrogen) atoms. The highest BCUT2D eigenvalue weighted by atomic mass is 35.7. The van der Waals surface area contributed by atoms with Crippen LogP contribution in [0.25, 0.3) is 0 Å². The van der Waals surface area contributed by atoms with Crippen molar-refractivity contribution in [3.63, 3.8) is 0 Å². The molecule has 1 aromatic carbocycles. The van der Waals surface area contributed by atoms with Crippen molar-refractivity contribution in [2.45, 2.75) is 24.7 Å². The number of hydrogen-bond donors (Lipinski definition) is 1. The fraction of sp³-hybridized carbons (Fsp3) is 0.462. The lowest BCUT2D eigenvalue weighted by Crippen LogP contribution is -2.28. The molecule has 0 aliphatic carbocycles. The van der Waals surface area contributed by atoms with Gasteiger partial charge in [-0.3, -0.25) is 4.79 Å². The van der Waals surface area contributed by atoms with Gasteiger partial charge in [0.25, 0.3) is 9.05 Å². The minimum absolute atomic E-state index is 0.0285. The van der Waals surface area contributed by atoms with Crippen LogP contribution in [0.4, 0.5) is 5.69 Å². The van der Waals surface area contributed by atoms with E-state index in [0.29, 0.717) is 37.3 Å². The summed E-state index contributed by atoms with van der Waals surface area (Å²) < 4.78 is 27.7. The third-order valence-electron chi connectivity index (χ3n) is 3.33. The average Bonchev–Trinajstić information content (AvgIpc) is 2.41. The number of amides is 1. The third-order valence-corrected chi connectivity index (χ3v) is 4.68. The SMILES string of the molecule is Cc1cc(S(=O)(=O)Cl)ccc1NC(=O)C1CCOCC1. The number of rotatable bonds is 3. The predicted octanol–water partition coefficient (Wildman–Crippen LogP) is 2.29. The van der Waals surface area contributed by atoms with Crippen molar-refractivity contribution < 1.29 is 17.9 Å². The first-order chi connectivity index (χ1) is 9.38. The van der Waals surface area contributed by atoms with Crippen LogP contribution in [0.3, 0.4) is 0 Å². The second kappa shape index (κ2) is 6.11. The molecule has 2 rings (SSSR count). The molecular weight excluding hydrogens is 302 g/mol. The van der Waals surface area contributed by atoms with Crippen molar-refractivity contribution >= 4 is 31.3 Å². The molecular formula is C13H16ClNO4S. The third kappa shape index (κ3) is 3.71. The molecule has 0 unspecified atom stereocenters. The summed E-state index contributed by atoms with van der Waals surface area (Å²) in [6.07, 6.45) is 1.41. The minimum atomic E-state index is -3.75. The molecule has 0 saturated carbocycles. The van der Waals surface area contributed by atoms with Gasteiger partial charge in [0, 0.05) is 35.5 Å². The molecule has 1 aromatic rings. The van der Waals surface area contributed by atoms with Gasteiger partial charge in [0.05, 0.1) is 4.90 Å². The van der Waals surface area contributed by atoms with Gasteiger partial charge >= 0.3 is 0 Å². The van der Waals surface area contributed by atoms with E-state index in [-0.39, 0.29) is 16.7 Å². The lowest BCUT2D eigenvalue weighted by Gasteiger charge is -2.21. The normalized spacial score (nSPS) is 16.9. The molecule has 0 spiro atoms. The number of nitrogens with one attached hydrogen (secondary N) is 1. The van der Waals surface area contributed by atoms with E-state index in [1.807, 2.05) is 0 Å². The number of hydrogen-bond acceptors (Lipinski definition) is 4. The first-order valence-corrected chi connectivity index (χ1v) is 8.63. The van der Waals surface area contributed by atoms with Crippen molar-refractivity contribution in [3.8, 4) is 0 Å². The maximum Gasteiger partial charge on any atom is 0.261 e. The van der Waals surface area contributed by atoms with Crippen LogP contribution in [0.1, 0.15) is 18.4 Å². The Morgan fingerprint density at radius 3 is 2.55 bits per heavy atom. The van der Waals surface area contributed by atoms with Gasteiger partial charge in [0.15, 0.2) is 0 Å². The van der Waals surface area contributed by atoms with E-state index in [9.17, 15) is 13.2 Å². The van der Waals surface area contributed by atoms with E-state index in [1.165, 1.54) is 12.1 Å². The maximum atomic E-state index is 12.1. The summed E-state index contributed by atoms with van der Waals surface area (Å²) in [5, 5.41) is 2.83. The fourth-order valence-corrected chi connectivity index (χ4v) is 2.96. The Hall–Kier alpha value is -1.11. The van der Waals surface area contributed by atoms with E-state index in [2.05, 4.69) is 5.32 Å². The molecule has 1 fully saturated rings. The van der Waals surface area contributed by atoms with Crippen molar-refractivity contribution in [1.82, 2.24) is 0 Å². The summed E-state index contributed by atoms with van der Waals surface area (Å²) in [5.74, 6) is -0.113. The number of anilines is 1. The number of benzene rings is 1. The summed E-state index contributed by atoms with van der Waals surface area (Å²) in [6, 6.07) is 4.39. The van der Waals surface area contributed by atoms with Crippen LogP contribution in [0.2, 0.25) is 0 Å². The first kappa shape index (κ1) is 15.3. The molecule has 1 N–H and O–H groups in total. The van der Waals surface area contributed by atoms with Crippen molar-refractivity contribution in [3.05, 3.63) is 23.8 Å². The molecule has 1 heterocycles. The number of carbonyl (C=O) groups is 1. The lowest BCUT2D eigenvalue weighted by atomic mass is 9.99. The van der Waals surface area contributed by atoms with E-state index in [1.54, 1.807) is 13.0 Å². The molecule has 1 aliphatic rings. The molecule has 0 aromatic heterocycles. The quantitative estimate of drug-likeness (QED) is 0.868. The summed E-state index contributed by atoms with van der Waals surface area (Å²) in [5.41, 5.74) is 1.26. The van der Waals surface area contributed by atoms with Crippen LogP contribution in [0.5, 0.6) is 0 Å². The van der Waals surface area contributed by atoms with Gasteiger partial charge in [-0.05, 0) is 43.5 Å². The zero-order valence-corrected chi connectivity index (χ0v) is 12.6. The lowest BCUT2D eigenvalue weighted by molar-refractivity contribution is -0.122. The molecule has 0 bridgehead atoms. The van der Waals surface area contributed by atoms with Crippen LogP contribution in [-0.4, -0.2) is 27.5 Å². The maximum absolute atomic E-state index is 12.1. The van der Waals surface area contributed by atoms with Gasteiger partial charge in [-0.15, -0.1) is 0 Å². The number of ether oxygens (including phenoxy) is 1. The van der Waals surface area contributed by atoms with Gasteiger partial charge in [0.1, 0.15) is 0 Å². The first-order valence-electron chi connectivity index (χ1n) is 6.32. The highest BCUT2D eigenvalue weighted by Gasteiger charge is 2.22. The standard InChI is InChI=1S/C13H16ClNO4S/c1-9-8-11(20(14,17)18)2-3-12(9)15-13(16)10-4-6-19-7-5-10/h2-3,8,10H,4-7H2,1H3,(H,15,16). The van der Waals surface area contributed by atoms with Crippen molar-refractivity contribution in [1.29, 1.82) is 0 Å². The van der Waals surface area contributed by atoms with E-state index in [4.69, 9.17) is 15.4 Å². The second-order valence-electron chi connectivity index (χ2n) is 4.79. The Labute approximate surface area is 122 Å². The predicted molar refractivity (Wildman–Crippen MR) is 76.4 cm³/mol. The Morgan fingerprint density at radius 1 is 1.35 bits per heavy atom. The van der Waals surface area contributed by atoms with Gasteiger partial charge in [-0.2, -0.15) is 0 Å². The second-order valence-corrected chi connectivity index (χ2v) is 7.36. The molecule has 110 valence electrons. The highest BCUT2D eigenvalue weighted by Crippen LogP contribution is 2.24. The summed E-state index contributed by atoms with van der Waals surface area (Å²) in [7, 11) is 1.53. The Bertz CT molecular complexity index is 609. The van der Waals surface area contributed by atoms with Crippen LogP contribution in [-0.2, 0) is 18.6 Å². The Morgan fingerprint density at radius 2 is 2.00 bits per heavy atom.